The Morgan fingerprint density at radius 1 is 1.35 bits per heavy atom. The second kappa shape index (κ2) is 6.47. The van der Waals surface area contributed by atoms with Crippen LogP contribution in [0.4, 0.5) is 17.3 Å². The summed E-state index contributed by atoms with van der Waals surface area (Å²) in [4.78, 5) is 18.4. The average molecular weight is 280 g/mol. The minimum Gasteiger partial charge on any atom is -0.361 e. The third-order valence-electron chi connectivity index (χ3n) is 3.86. The van der Waals surface area contributed by atoms with Crippen molar-refractivity contribution < 1.29 is 4.92 Å². The molecule has 20 heavy (non-hydrogen) atoms. The van der Waals surface area contributed by atoms with E-state index in [0.29, 0.717) is 5.92 Å². The van der Waals surface area contributed by atoms with Gasteiger partial charge in [-0.1, -0.05) is 19.3 Å². The first-order valence-corrected chi connectivity index (χ1v) is 6.86. The van der Waals surface area contributed by atoms with E-state index in [1.54, 1.807) is 0 Å². The predicted molar refractivity (Wildman–Crippen MR) is 76.2 cm³/mol. The highest BCUT2D eigenvalue weighted by Crippen LogP contribution is 2.32. The summed E-state index contributed by atoms with van der Waals surface area (Å²) in [6.45, 7) is 2.04. The lowest BCUT2D eigenvalue weighted by Gasteiger charge is -2.28. The second-order valence-corrected chi connectivity index (χ2v) is 5.15. The Morgan fingerprint density at radius 3 is 2.60 bits per heavy atom. The standard InChI is InChI=1S/C12H20N6O2/c1-8(9-5-3-2-4-6-9)16-11-10(18(19)20)12(17-13)15-7-14-11/h7-9H,2-6,13H2,1H3,(H2,14,15,16,17). The largest absolute Gasteiger partial charge is 0.361 e. The maximum absolute atomic E-state index is 11.1. The van der Waals surface area contributed by atoms with E-state index in [4.69, 9.17) is 5.84 Å². The summed E-state index contributed by atoms with van der Waals surface area (Å²) in [5.74, 6) is 6.01. The van der Waals surface area contributed by atoms with Crippen LogP contribution in [0.15, 0.2) is 6.33 Å². The van der Waals surface area contributed by atoms with E-state index in [9.17, 15) is 10.1 Å². The molecule has 1 aliphatic carbocycles. The lowest BCUT2D eigenvalue weighted by atomic mass is 9.84. The molecule has 0 amide bonds. The van der Waals surface area contributed by atoms with Gasteiger partial charge in [-0.25, -0.2) is 15.8 Å². The molecule has 1 aromatic rings. The molecule has 1 fully saturated rings. The molecule has 110 valence electrons. The predicted octanol–water partition coefficient (Wildman–Crippen LogP) is 2.05. The van der Waals surface area contributed by atoms with Crippen molar-refractivity contribution in [2.75, 3.05) is 10.7 Å². The van der Waals surface area contributed by atoms with Gasteiger partial charge >= 0.3 is 5.69 Å². The van der Waals surface area contributed by atoms with E-state index in [-0.39, 0.29) is 23.4 Å². The van der Waals surface area contributed by atoms with Gasteiger partial charge in [-0.05, 0) is 25.7 Å². The Bertz CT molecular complexity index is 475. The molecule has 1 aromatic heterocycles. The highest BCUT2D eigenvalue weighted by Gasteiger charge is 2.26. The smallest absolute Gasteiger partial charge is 0.354 e. The van der Waals surface area contributed by atoms with Gasteiger partial charge in [0.15, 0.2) is 0 Å². The van der Waals surface area contributed by atoms with Crippen LogP contribution in [0.5, 0.6) is 0 Å². The van der Waals surface area contributed by atoms with Crippen LogP contribution in [0.1, 0.15) is 39.0 Å². The number of nitrogens with one attached hydrogen (secondary N) is 2. The number of rotatable bonds is 5. The molecule has 0 bridgehead atoms. The highest BCUT2D eigenvalue weighted by atomic mass is 16.6. The van der Waals surface area contributed by atoms with Gasteiger partial charge in [0, 0.05) is 6.04 Å². The first-order chi connectivity index (χ1) is 9.63. The van der Waals surface area contributed by atoms with Crippen molar-refractivity contribution in [2.45, 2.75) is 45.1 Å². The van der Waals surface area contributed by atoms with E-state index in [0.717, 1.165) is 12.8 Å². The monoisotopic (exact) mass is 280 g/mol. The number of nitro groups is 1. The first-order valence-electron chi connectivity index (χ1n) is 6.86. The van der Waals surface area contributed by atoms with Crippen LogP contribution in [0, 0.1) is 16.0 Å². The van der Waals surface area contributed by atoms with Crippen LogP contribution in [0.3, 0.4) is 0 Å². The van der Waals surface area contributed by atoms with Gasteiger partial charge in [0.05, 0.1) is 4.92 Å². The Morgan fingerprint density at radius 2 is 2.00 bits per heavy atom. The summed E-state index contributed by atoms with van der Waals surface area (Å²) in [5, 5.41) is 14.3. The zero-order chi connectivity index (χ0) is 14.5. The quantitative estimate of drug-likeness (QED) is 0.429. The fourth-order valence-corrected chi connectivity index (χ4v) is 2.73. The van der Waals surface area contributed by atoms with Crippen LogP contribution in [-0.4, -0.2) is 20.9 Å². The van der Waals surface area contributed by atoms with E-state index in [1.807, 2.05) is 6.92 Å². The molecule has 8 nitrogen and oxygen atoms in total. The molecule has 8 heteroatoms. The lowest BCUT2D eigenvalue weighted by Crippen LogP contribution is -2.28. The Labute approximate surface area is 117 Å². The van der Waals surface area contributed by atoms with Crippen LogP contribution >= 0.6 is 0 Å². The molecule has 1 unspecified atom stereocenters. The van der Waals surface area contributed by atoms with Gasteiger partial charge in [0.25, 0.3) is 0 Å². The van der Waals surface area contributed by atoms with Crippen LogP contribution in [0.2, 0.25) is 0 Å². The molecule has 0 saturated heterocycles. The Hall–Kier alpha value is -1.96. The summed E-state index contributed by atoms with van der Waals surface area (Å²) < 4.78 is 0. The molecule has 1 aliphatic rings. The van der Waals surface area contributed by atoms with E-state index >= 15 is 0 Å². The topological polar surface area (TPSA) is 119 Å². The molecule has 1 saturated carbocycles. The van der Waals surface area contributed by atoms with Crippen LogP contribution in [0.25, 0.3) is 0 Å². The van der Waals surface area contributed by atoms with Gasteiger partial charge in [0.2, 0.25) is 11.6 Å². The van der Waals surface area contributed by atoms with E-state index < -0.39 is 4.92 Å². The molecule has 0 spiro atoms. The maximum Gasteiger partial charge on any atom is 0.354 e. The zero-order valence-electron chi connectivity index (χ0n) is 11.5. The van der Waals surface area contributed by atoms with E-state index in [1.165, 1.54) is 25.6 Å². The van der Waals surface area contributed by atoms with Crippen molar-refractivity contribution >= 4 is 17.3 Å². The third kappa shape index (κ3) is 3.13. The van der Waals surface area contributed by atoms with E-state index in [2.05, 4.69) is 20.7 Å². The molecular formula is C12H20N6O2. The van der Waals surface area contributed by atoms with Crippen molar-refractivity contribution in [3.8, 4) is 0 Å². The molecule has 0 radical (unpaired) electrons. The van der Waals surface area contributed by atoms with Crippen LogP contribution in [-0.2, 0) is 0 Å². The fourth-order valence-electron chi connectivity index (χ4n) is 2.73. The second-order valence-electron chi connectivity index (χ2n) is 5.15. The van der Waals surface area contributed by atoms with Gasteiger partial charge in [-0.2, -0.15) is 0 Å². The fraction of sp³-hybridized carbons (Fsp3) is 0.667. The number of hydrogen-bond acceptors (Lipinski definition) is 7. The SMILES string of the molecule is CC(Nc1ncnc(NN)c1[N+](=O)[O-])C1CCCCC1. The number of aromatic nitrogens is 2. The summed E-state index contributed by atoms with van der Waals surface area (Å²) in [6.07, 6.45) is 7.27. The molecule has 1 heterocycles. The molecule has 0 aromatic carbocycles. The number of hydrogen-bond donors (Lipinski definition) is 3. The summed E-state index contributed by atoms with van der Waals surface area (Å²) in [7, 11) is 0. The van der Waals surface area contributed by atoms with Crippen molar-refractivity contribution in [1.82, 2.24) is 9.97 Å². The summed E-state index contributed by atoms with van der Waals surface area (Å²) in [6, 6.07) is 0.134. The Balaban J connectivity index is 2.17. The number of hydrazine groups is 1. The van der Waals surface area contributed by atoms with Crippen molar-refractivity contribution in [3.05, 3.63) is 16.4 Å². The minimum atomic E-state index is -0.523. The molecule has 1 atom stereocenters. The van der Waals surface area contributed by atoms with Crippen LogP contribution < -0.4 is 16.6 Å². The summed E-state index contributed by atoms with van der Waals surface area (Å²) >= 11 is 0. The number of nitrogen functional groups attached to an aromatic ring is 1. The van der Waals surface area contributed by atoms with Crippen molar-refractivity contribution in [1.29, 1.82) is 0 Å². The third-order valence-corrected chi connectivity index (χ3v) is 3.86. The Kier molecular flexibility index (Phi) is 4.67. The lowest BCUT2D eigenvalue weighted by molar-refractivity contribution is -0.383. The van der Waals surface area contributed by atoms with Gasteiger partial charge < -0.3 is 10.7 Å². The van der Waals surface area contributed by atoms with Gasteiger partial charge in [0.1, 0.15) is 6.33 Å². The first kappa shape index (κ1) is 14.4. The number of nitrogens with two attached hydrogens (primary N) is 1. The van der Waals surface area contributed by atoms with Gasteiger partial charge in [-0.3, -0.25) is 10.1 Å². The normalized spacial score (nSPS) is 17.5. The maximum atomic E-state index is 11.1. The molecule has 2 rings (SSSR count). The van der Waals surface area contributed by atoms with Gasteiger partial charge in [-0.15, -0.1) is 0 Å². The molecular weight excluding hydrogens is 260 g/mol. The van der Waals surface area contributed by atoms with Crippen molar-refractivity contribution in [2.24, 2.45) is 11.8 Å². The number of anilines is 2. The molecule has 0 aliphatic heterocycles. The zero-order valence-corrected chi connectivity index (χ0v) is 11.5. The molecule has 4 N–H and O–H groups in total. The van der Waals surface area contributed by atoms with Crippen molar-refractivity contribution in [3.63, 3.8) is 0 Å². The number of nitrogens with zero attached hydrogens (tertiary/aromatic N) is 3. The highest BCUT2D eigenvalue weighted by molar-refractivity contribution is 5.69. The minimum absolute atomic E-state index is 0.0170. The average Bonchev–Trinajstić information content (AvgIpc) is 2.47. The summed E-state index contributed by atoms with van der Waals surface area (Å²) in [5.41, 5.74) is 2.03.